The van der Waals surface area contributed by atoms with Crippen LogP contribution >= 0.6 is 15.9 Å². The van der Waals surface area contributed by atoms with E-state index in [-0.39, 0.29) is 0 Å². The number of benzene rings is 1. The first-order valence-corrected chi connectivity index (χ1v) is 5.75. The van der Waals surface area contributed by atoms with Crippen LogP contribution in [0.3, 0.4) is 0 Å². The fourth-order valence-corrected chi connectivity index (χ4v) is 1.61. The molecule has 3 N–H and O–H groups in total. The average molecular weight is 278 g/mol. The second-order valence-electron chi connectivity index (χ2n) is 3.39. The summed E-state index contributed by atoms with van der Waals surface area (Å²) in [5.41, 5.74) is 7.68. The minimum Gasteiger partial charge on any atom is -0.340 e. The molecule has 0 spiro atoms. The average Bonchev–Trinajstić information content (AvgIpc) is 2.32. The summed E-state index contributed by atoms with van der Waals surface area (Å²) in [6.07, 6.45) is 1.76. The van der Waals surface area contributed by atoms with Crippen LogP contribution in [-0.2, 0) is 6.54 Å². The second kappa shape index (κ2) is 5.09. The third-order valence-electron chi connectivity index (χ3n) is 2.16. The predicted molar refractivity (Wildman–Crippen MR) is 69.6 cm³/mol. The van der Waals surface area contributed by atoms with E-state index in [2.05, 4.69) is 26.2 Å². The first-order valence-electron chi connectivity index (χ1n) is 4.95. The molecule has 0 fully saturated rings. The van der Waals surface area contributed by atoms with Crippen LogP contribution in [0.2, 0.25) is 0 Å². The van der Waals surface area contributed by atoms with Crippen molar-refractivity contribution in [3.63, 3.8) is 0 Å². The van der Waals surface area contributed by atoms with Crippen LogP contribution in [0.5, 0.6) is 0 Å². The van der Waals surface area contributed by atoms with Gasteiger partial charge in [-0.15, -0.1) is 0 Å². The lowest BCUT2D eigenvalue weighted by molar-refractivity contribution is 1.07. The van der Waals surface area contributed by atoms with E-state index in [1.54, 1.807) is 6.20 Å². The lowest BCUT2D eigenvalue weighted by Crippen LogP contribution is -1.98. The van der Waals surface area contributed by atoms with E-state index in [0.29, 0.717) is 6.54 Å². The Morgan fingerprint density at radius 2 is 2.12 bits per heavy atom. The zero-order valence-corrected chi connectivity index (χ0v) is 10.2. The number of hydrogen-bond donors (Lipinski definition) is 2. The molecular formula is C12H12BrN3. The summed E-state index contributed by atoms with van der Waals surface area (Å²) in [6.45, 7) is 0.545. The van der Waals surface area contributed by atoms with Crippen LogP contribution in [-0.4, -0.2) is 4.98 Å². The van der Waals surface area contributed by atoms with Crippen molar-refractivity contribution in [3.05, 3.63) is 52.6 Å². The number of halogens is 1. The van der Waals surface area contributed by atoms with Crippen molar-refractivity contribution in [2.24, 2.45) is 5.73 Å². The summed E-state index contributed by atoms with van der Waals surface area (Å²) in [4.78, 5) is 4.24. The topological polar surface area (TPSA) is 50.9 Å². The molecule has 1 aromatic heterocycles. The van der Waals surface area contributed by atoms with Crippen LogP contribution in [0.15, 0.2) is 47.1 Å². The first kappa shape index (κ1) is 11.1. The Balaban J connectivity index is 2.16. The Morgan fingerprint density at radius 1 is 1.25 bits per heavy atom. The van der Waals surface area contributed by atoms with Crippen molar-refractivity contribution in [2.45, 2.75) is 6.54 Å². The number of aromatic nitrogens is 1. The summed E-state index contributed by atoms with van der Waals surface area (Å²) in [5, 5.41) is 3.22. The van der Waals surface area contributed by atoms with E-state index in [4.69, 9.17) is 5.73 Å². The number of nitrogens with one attached hydrogen (secondary N) is 1. The highest BCUT2D eigenvalue weighted by Crippen LogP contribution is 2.17. The summed E-state index contributed by atoms with van der Waals surface area (Å²) in [5.74, 6) is 0.817. The number of rotatable bonds is 3. The molecule has 0 unspecified atom stereocenters. The fraction of sp³-hybridized carbons (Fsp3) is 0.0833. The number of anilines is 2. The first-order chi connectivity index (χ1) is 7.78. The smallest absolute Gasteiger partial charge is 0.130 e. The highest BCUT2D eigenvalue weighted by Gasteiger charge is 1.97. The molecule has 0 bridgehead atoms. The largest absolute Gasteiger partial charge is 0.340 e. The minimum atomic E-state index is 0.545. The zero-order valence-electron chi connectivity index (χ0n) is 8.65. The number of pyridine rings is 1. The molecule has 2 rings (SSSR count). The third kappa shape index (κ3) is 2.81. The lowest BCUT2D eigenvalue weighted by Gasteiger charge is -2.06. The summed E-state index contributed by atoms with van der Waals surface area (Å²) < 4.78 is 0.966. The summed E-state index contributed by atoms with van der Waals surface area (Å²) in [6, 6.07) is 11.8. The normalized spacial score (nSPS) is 10.1. The number of nitrogens with two attached hydrogens (primary N) is 1. The zero-order chi connectivity index (χ0) is 11.4. The van der Waals surface area contributed by atoms with E-state index in [0.717, 1.165) is 21.5 Å². The maximum absolute atomic E-state index is 5.58. The van der Waals surface area contributed by atoms with Gasteiger partial charge in [0.05, 0.1) is 0 Å². The molecule has 0 atom stereocenters. The van der Waals surface area contributed by atoms with Crippen molar-refractivity contribution < 1.29 is 0 Å². The van der Waals surface area contributed by atoms with Gasteiger partial charge in [-0.2, -0.15) is 0 Å². The molecule has 3 nitrogen and oxygen atoms in total. The molecule has 1 aromatic carbocycles. The Labute approximate surface area is 103 Å². The molecule has 1 heterocycles. The molecule has 16 heavy (non-hydrogen) atoms. The van der Waals surface area contributed by atoms with Gasteiger partial charge in [0.15, 0.2) is 0 Å². The number of hydrogen-bond acceptors (Lipinski definition) is 3. The molecule has 2 aromatic rings. The lowest BCUT2D eigenvalue weighted by atomic mass is 10.2. The van der Waals surface area contributed by atoms with Gasteiger partial charge in [0.25, 0.3) is 0 Å². The van der Waals surface area contributed by atoms with Gasteiger partial charge in [0, 0.05) is 22.9 Å². The summed E-state index contributed by atoms with van der Waals surface area (Å²) >= 11 is 3.35. The maximum atomic E-state index is 5.58. The Kier molecular flexibility index (Phi) is 3.54. The van der Waals surface area contributed by atoms with Gasteiger partial charge in [-0.25, -0.2) is 4.98 Å². The van der Waals surface area contributed by atoms with Gasteiger partial charge in [0.2, 0.25) is 0 Å². The molecule has 4 heteroatoms. The maximum Gasteiger partial charge on any atom is 0.130 e. The van der Waals surface area contributed by atoms with E-state index in [1.165, 1.54) is 0 Å². The van der Waals surface area contributed by atoms with Crippen molar-refractivity contribution in [3.8, 4) is 0 Å². The van der Waals surface area contributed by atoms with E-state index in [1.807, 2.05) is 36.4 Å². The van der Waals surface area contributed by atoms with Crippen LogP contribution < -0.4 is 11.1 Å². The quantitative estimate of drug-likeness (QED) is 0.907. The van der Waals surface area contributed by atoms with Gasteiger partial charge >= 0.3 is 0 Å². The molecule has 0 aliphatic rings. The molecule has 0 amide bonds. The number of nitrogens with zero attached hydrogens (tertiary/aromatic N) is 1. The minimum absolute atomic E-state index is 0.545. The standard InChI is InChI=1S/C12H12BrN3/c13-10-4-5-12(15-8-10)16-11-3-1-2-9(6-11)7-14/h1-6,8H,7,14H2,(H,15,16). The SMILES string of the molecule is NCc1cccc(Nc2ccc(Br)cn2)c1. The Morgan fingerprint density at radius 3 is 2.81 bits per heavy atom. The van der Waals surface area contributed by atoms with E-state index in [9.17, 15) is 0 Å². The van der Waals surface area contributed by atoms with Gasteiger partial charge < -0.3 is 11.1 Å². The second-order valence-corrected chi connectivity index (χ2v) is 4.31. The summed E-state index contributed by atoms with van der Waals surface area (Å²) in [7, 11) is 0. The highest BCUT2D eigenvalue weighted by atomic mass is 79.9. The van der Waals surface area contributed by atoms with Gasteiger partial charge in [0.1, 0.15) is 5.82 Å². The van der Waals surface area contributed by atoms with Crippen LogP contribution in [0.25, 0.3) is 0 Å². The van der Waals surface area contributed by atoms with Crippen molar-refractivity contribution in [2.75, 3.05) is 5.32 Å². The predicted octanol–water partition coefficient (Wildman–Crippen LogP) is 3.05. The van der Waals surface area contributed by atoms with Gasteiger partial charge in [-0.3, -0.25) is 0 Å². The van der Waals surface area contributed by atoms with Crippen molar-refractivity contribution in [1.29, 1.82) is 0 Å². The molecule has 0 saturated carbocycles. The molecule has 82 valence electrons. The molecule has 0 aliphatic carbocycles. The Hall–Kier alpha value is -1.39. The molecule has 0 radical (unpaired) electrons. The van der Waals surface area contributed by atoms with Crippen LogP contribution in [0, 0.1) is 0 Å². The monoisotopic (exact) mass is 277 g/mol. The van der Waals surface area contributed by atoms with E-state index < -0.39 is 0 Å². The van der Waals surface area contributed by atoms with Crippen molar-refractivity contribution >= 4 is 27.4 Å². The molecule has 0 aliphatic heterocycles. The third-order valence-corrected chi connectivity index (χ3v) is 2.63. The Bertz CT molecular complexity index is 468. The van der Waals surface area contributed by atoms with E-state index >= 15 is 0 Å². The fourth-order valence-electron chi connectivity index (χ4n) is 1.37. The van der Waals surface area contributed by atoms with Crippen molar-refractivity contribution in [1.82, 2.24) is 4.98 Å². The van der Waals surface area contributed by atoms with Gasteiger partial charge in [-0.1, -0.05) is 12.1 Å². The molecular weight excluding hydrogens is 266 g/mol. The van der Waals surface area contributed by atoms with Crippen LogP contribution in [0.4, 0.5) is 11.5 Å². The highest BCUT2D eigenvalue weighted by molar-refractivity contribution is 9.10. The van der Waals surface area contributed by atoms with Gasteiger partial charge in [-0.05, 0) is 45.8 Å². The van der Waals surface area contributed by atoms with Crippen LogP contribution in [0.1, 0.15) is 5.56 Å². The molecule has 0 saturated heterocycles.